The first kappa shape index (κ1) is 16.6. The highest BCUT2D eigenvalue weighted by molar-refractivity contribution is 5.40. The molecule has 1 rings (SSSR count). The zero-order valence-corrected chi connectivity index (χ0v) is 13.0. The lowest BCUT2D eigenvalue weighted by Gasteiger charge is -2.12. The van der Waals surface area contributed by atoms with Gasteiger partial charge in [-0.25, -0.2) is 0 Å². The SMILES string of the molecule is CCCC(C#Cc1cccc(OC(C)CN)c1)CCC. The van der Waals surface area contributed by atoms with Crippen molar-refractivity contribution in [3.05, 3.63) is 29.8 Å². The zero-order chi connectivity index (χ0) is 14.8. The molecule has 0 fully saturated rings. The average molecular weight is 273 g/mol. The summed E-state index contributed by atoms with van der Waals surface area (Å²) in [6.07, 6.45) is 4.78. The fourth-order valence-electron chi connectivity index (χ4n) is 2.10. The molecule has 1 aromatic rings. The Morgan fingerprint density at radius 1 is 1.20 bits per heavy atom. The summed E-state index contributed by atoms with van der Waals surface area (Å²) in [7, 11) is 0. The van der Waals surface area contributed by atoms with E-state index in [-0.39, 0.29) is 6.10 Å². The average Bonchev–Trinajstić information content (AvgIpc) is 2.45. The lowest BCUT2D eigenvalue weighted by molar-refractivity contribution is 0.230. The second-order valence-electron chi connectivity index (χ2n) is 5.24. The molecular formula is C18H27NO. The molecule has 0 heterocycles. The molecule has 0 aliphatic carbocycles. The Balaban J connectivity index is 2.74. The van der Waals surface area contributed by atoms with Gasteiger partial charge in [-0.05, 0) is 38.0 Å². The van der Waals surface area contributed by atoms with E-state index in [1.807, 2.05) is 31.2 Å². The maximum atomic E-state index is 5.71. The van der Waals surface area contributed by atoms with Crippen molar-refractivity contribution >= 4 is 0 Å². The Bertz CT molecular complexity index is 438. The summed E-state index contributed by atoms with van der Waals surface area (Å²) in [4.78, 5) is 0. The molecule has 20 heavy (non-hydrogen) atoms. The lowest BCUT2D eigenvalue weighted by Crippen LogP contribution is -2.22. The molecule has 0 saturated heterocycles. The van der Waals surface area contributed by atoms with E-state index in [4.69, 9.17) is 10.5 Å². The molecule has 0 aliphatic heterocycles. The van der Waals surface area contributed by atoms with Gasteiger partial charge in [-0.2, -0.15) is 0 Å². The van der Waals surface area contributed by atoms with Crippen molar-refractivity contribution in [3.63, 3.8) is 0 Å². The van der Waals surface area contributed by atoms with E-state index in [0.29, 0.717) is 12.5 Å². The molecule has 0 amide bonds. The van der Waals surface area contributed by atoms with Gasteiger partial charge in [0.05, 0.1) is 0 Å². The van der Waals surface area contributed by atoms with Gasteiger partial charge in [-0.3, -0.25) is 0 Å². The molecule has 2 heteroatoms. The number of nitrogens with two attached hydrogens (primary N) is 1. The monoisotopic (exact) mass is 273 g/mol. The maximum absolute atomic E-state index is 5.71. The minimum absolute atomic E-state index is 0.0335. The molecule has 2 nitrogen and oxygen atoms in total. The van der Waals surface area contributed by atoms with Crippen molar-refractivity contribution in [1.29, 1.82) is 0 Å². The number of ether oxygens (including phenoxy) is 1. The summed E-state index contributed by atoms with van der Waals surface area (Å²) in [5, 5.41) is 0. The fourth-order valence-corrected chi connectivity index (χ4v) is 2.10. The molecule has 1 aromatic carbocycles. The van der Waals surface area contributed by atoms with Crippen LogP contribution in [0.2, 0.25) is 0 Å². The minimum atomic E-state index is 0.0335. The minimum Gasteiger partial charge on any atom is -0.489 e. The normalized spacial score (nSPS) is 11.8. The fraction of sp³-hybridized carbons (Fsp3) is 0.556. The summed E-state index contributed by atoms with van der Waals surface area (Å²) < 4.78 is 5.71. The first-order valence-electron chi connectivity index (χ1n) is 7.67. The van der Waals surface area contributed by atoms with E-state index in [1.165, 1.54) is 25.7 Å². The van der Waals surface area contributed by atoms with Gasteiger partial charge >= 0.3 is 0 Å². The summed E-state index contributed by atoms with van der Waals surface area (Å²) in [6, 6.07) is 7.96. The molecule has 0 spiro atoms. The number of benzene rings is 1. The van der Waals surface area contributed by atoms with Gasteiger partial charge in [0.25, 0.3) is 0 Å². The van der Waals surface area contributed by atoms with E-state index in [0.717, 1.165) is 11.3 Å². The maximum Gasteiger partial charge on any atom is 0.121 e. The third kappa shape index (κ3) is 6.12. The summed E-state index contributed by atoms with van der Waals surface area (Å²) in [6.45, 7) is 6.92. The Labute approximate surface area is 123 Å². The highest BCUT2D eigenvalue weighted by atomic mass is 16.5. The van der Waals surface area contributed by atoms with Crippen LogP contribution in [0.3, 0.4) is 0 Å². The van der Waals surface area contributed by atoms with E-state index < -0.39 is 0 Å². The van der Waals surface area contributed by atoms with Crippen molar-refractivity contribution in [2.45, 2.75) is 52.6 Å². The summed E-state index contributed by atoms with van der Waals surface area (Å²) >= 11 is 0. The van der Waals surface area contributed by atoms with Crippen molar-refractivity contribution in [1.82, 2.24) is 0 Å². The van der Waals surface area contributed by atoms with Crippen LogP contribution >= 0.6 is 0 Å². The van der Waals surface area contributed by atoms with E-state index >= 15 is 0 Å². The largest absolute Gasteiger partial charge is 0.489 e. The third-order valence-electron chi connectivity index (χ3n) is 3.20. The lowest BCUT2D eigenvalue weighted by atomic mass is 9.98. The quantitative estimate of drug-likeness (QED) is 0.763. The van der Waals surface area contributed by atoms with E-state index in [1.54, 1.807) is 0 Å². The first-order chi connectivity index (χ1) is 9.69. The van der Waals surface area contributed by atoms with Gasteiger partial charge in [-0.1, -0.05) is 44.6 Å². The van der Waals surface area contributed by atoms with Gasteiger partial charge in [0.2, 0.25) is 0 Å². The standard InChI is InChI=1S/C18H27NO/c1-4-7-16(8-5-2)11-12-17-9-6-10-18(13-17)20-15(3)14-19/h6,9-10,13,15-16H,4-5,7-8,14,19H2,1-3H3. The van der Waals surface area contributed by atoms with E-state index in [2.05, 4.69) is 25.7 Å². The summed E-state index contributed by atoms with van der Waals surface area (Å²) in [5.41, 5.74) is 6.59. The van der Waals surface area contributed by atoms with Crippen molar-refractivity contribution in [2.75, 3.05) is 6.54 Å². The van der Waals surface area contributed by atoms with E-state index in [9.17, 15) is 0 Å². The molecule has 1 atom stereocenters. The van der Waals surface area contributed by atoms with Crippen molar-refractivity contribution in [2.24, 2.45) is 11.7 Å². The van der Waals surface area contributed by atoms with Gasteiger partial charge < -0.3 is 10.5 Å². The number of hydrogen-bond donors (Lipinski definition) is 1. The predicted molar refractivity (Wildman–Crippen MR) is 85.8 cm³/mol. The Morgan fingerprint density at radius 3 is 2.50 bits per heavy atom. The number of hydrogen-bond acceptors (Lipinski definition) is 2. The molecule has 1 unspecified atom stereocenters. The molecule has 0 aromatic heterocycles. The second-order valence-corrected chi connectivity index (χ2v) is 5.24. The van der Waals surface area contributed by atoms with Crippen LogP contribution < -0.4 is 10.5 Å². The van der Waals surface area contributed by atoms with Crippen LogP contribution in [0.5, 0.6) is 5.75 Å². The van der Waals surface area contributed by atoms with Crippen LogP contribution in [-0.4, -0.2) is 12.6 Å². The van der Waals surface area contributed by atoms with Crippen LogP contribution in [-0.2, 0) is 0 Å². The van der Waals surface area contributed by atoms with Crippen LogP contribution in [0, 0.1) is 17.8 Å². The van der Waals surface area contributed by atoms with Crippen LogP contribution in [0.15, 0.2) is 24.3 Å². The highest BCUT2D eigenvalue weighted by Gasteiger charge is 2.03. The molecule has 0 saturated carbocycles. The molecule has 0 radical (unpaired) electrons. The Kier molecular flexibility index (Phi) is 7.84. The number of rotatable bonds is 7. The second kappa shape index (κ2) is 9.44. The van der Waals surface area contributed by atoms with Crippen LogP contribution in [0.1, 0.15) is 52.0 Å². The predicted octanol–water partition coefficient (Wildman–Crippen LogP) is 3.98. The topological polar surface area (TPSA) is 35.2 Å². The van der Waals surface area contributed by atoms with Crippen LogP contribution in [0.25, 0.3) is 0 Å². The van der Waals surface area contributed by atoms with Crippen molar-refractivity contribution < 1.29 is 4.74 Å². The van der Waals surface area contributed by atoms with Crippen LogP contribution in [0.4, 0.5) is 0 Å². The van der Waals surface area contributed by atoms with Gasteiger partial charge in [0.1, 0.15) is 11.9 Å². The smallest absolute Gasteiger partial charge is 0.121 e. The Hall–Kier alpha value is -1.46. The molecule has 2 N–H and O–H groups in total. The molecule has 0 aliphatic rings. The van der Waals surface area contributed by atoms with Crippen molar-refractivity contribution in [3.8, 4) is 17.6 Å². The van der Waals surface area contributed by atoms with Gasteiger partial charge in [-0.15, -0.1) is 0 Å². The molecule has 110 valence electrons. The van der Waals surface area contributed by atoms with Gasteiger partial charge in [0, 0.05) is 18.0 Å². The third-order valence-corrected chi connectivity index (χ3v) is 3.20. The zero-order valence-electron chi connectivity index (χ0n) is 13.0. The molecular weight excluding hydrogens is 246 g/mol. The highest BCUT2D eigenvalue weighted by Crippen LogP contribution is 2.16. The van der Waals surface area contributed by atoms with Gasteiger partial charge in [0.15, 0.2) is 0 Å². The Morgan fingerprint density at radius 2 is 1.90 bits per heavy atom. The first-order valence-corrected chi connectivity index (χ1v) is 7.67. The summed E-state index contributed by atoms with van der Waals surface area (Å²) in [5.74, 6) is 8.04. The molecule has 0 bridgehead atoms.